The average Bonchev–Trinajstić information content (AvgIpc) is 3.03. The van der Waals surface area contributed by atoms with Gasteiger partial charge in [-0.05, 0) is 12.1 Å². The predicted molar refractivity (Wildman–Crippen MR) is 95.6 cm³/mol. The SMILES string of the molecule is N#C[C@@H]1CN(c2ccc(C(F)(F)F)nc2)C(=O)N1c1cncc2ccccc12. The molecule has 2 aromatic heterocycles. The van der Waals surface area contributed by atoms with Gasteiger partial charge in [0.2, 0.25) is 0 Å². The summed E-state index contributed by atoms with van der Waals surface area (Å²) in [6.07, 6.45) is -0.430. The Morgan fingerprint density at radius 3 is 2.57 bits per heavy atom. The van der Waals surface area contributed by atoms with E-state index in [-0.39, 0.29) is 12.2 Å². The molecule has 3 aromatic rings. The second-order valence-corrected chi connectivity index (χ2v) is 6.19. The fourth-order valence-corrected chi connectivity index (χ4v) is 3.19. The Labute approximate surface area is 157 Å². The van der Waals surface area contributed by atoms with Gasteiger partial charge in [0.1, 0.15) is 11.7 Å². The van der Waals surface area contributed by atoms with Crippen LogP contribution in [0.5, 0.6) is 0 Å². The van der Waals surface area contributed by atoms with Gasteiger partial charge in [0.15, 0.2) is 0 Å². The monoisotopic (exact) mass is 383 g/mol. The van der Waals surface area contributed by atoms with Crippen molar-refractivity contribution in [3.63, 3.8) is 0 Å². The zero-order valence-corrected chi connectivity index (χ0v) is 14.3. The zero-order chi connectivity index (χ0) is 19.9. The molecule has 1 saturated heterocycles. The summed E-state index contributed by atoms with van der Waals surface area (Å²) in [5.41, 5.74) is -0.388. The summed E-state index contributed by atoms with van der Waals surface area (Å²) in [5.74, 6) is 0. The van der Waals surface area contributed by atoms with E-state index in [1.54, 1.807) is 6.20 Å². The smallest absolute Gasteiger partial charge is 0.289 e. The number of nitriles is 1. The van der Waals surface area contributed by atoms with Gasteiger partial charge < -0.3 is 0 Å². The van der Waals surface area contributed by atoms with Crippen LogP contribution in [0.2, 0.25) is 0 Å². The molecule has 6 nitrogen and oxygen atoms in total. The number of hydrogen-bond acceptors (Lipinski definition) is 4. The Morgan fingerprint density at radius 2 is 1.89 bits per heavy atom. The normalized spacial score (nSPS) is 17.2. The maximum atomic E-state index is 13.0. The number of benzene rings is 1. The van der Waals surface area contributed by atoms with Gasteiger partial charge in [-0.1, -0.05) is 24.3 Å². The van der Waals surface area contributed by atoms with Gasteiger partial charge in [0, 0.05) is 17.0 Å². The Bertz CT molecular complexity index is 1090. The number of anilines is 2. The van der Waals surface area contributed by atoms with E-state index in [1.165, 1.54) is 22.1 Å². The topological polar surface area (TPSA) is 73.1 Å². The van der Waals surface area contributed by atoms with E-state index in [0.717, 1.165) is 23.0 Å². The molecule has 9 heteroatoms. The van der Waals surface area contributed by atoms with Crippen molar-refractivity contribution in [2.24, 2.45) is 0 Å². The van der Waals surface area contributed by atoms with Crippen molar-refractivity contribution in [3.8, 4) is 6.07 Å². The van der Waals surface area contributed by atoms with Gasteiger partial charge in [-0.3, -0.25) is 14.8 Å². The molecule has 1 aliphatic rings. The lowest BCUT2D eigenvalue weighted by atomic mass is 10.1. The van der Waals surface area contributed by atoms with Crippen LogP contribution in [-0.2, 0) is 6.18 Å². The van der Waals surface area contributed by atoms with E-state index >= 15 is 0 Å². The van der Waals surface area contributed by atoms with Crippen molar-refractivity contribution < 1.29 is 18.0 Å². The van der Waals surface area contributed by atoms with Gasteiger partial charge in [0.05, 0.1) is 36.4 Å². The molecule has 2 amide bonds. The molecule has 4 rings (SSSR count). The third-order valence-electron chi connectivity index (χ3n) is 4.51. The van der Waals surface area contributed by atoms with Gasteiger partial charge in [-0.2, -0.15) is 18.4 Å². The molecule has 0 aliphatic carbocycles. The Morgan fingerprint density at radius 1 is 1.11 bits per heavy atom. The number of pyridine rings is 2. The van der Waals surface area contributed by atoms with Crippen molar-refractivity contribution in [1.82, 2.24) is 9.97 Å². The van der Waals surface area contributed by atoms with Gasteiger partial charge in [-0.15, -0.1) is 0 Å². The standard InChI is InChI=1S/C19H12F3N5O/c20-19(21,22)17-6-5-13(9-25-17)26-11-14(7-23)27(18(26)28)16-10-24-8-12-3-1-2-4-15(12)16/h1-6,8-10,14H,11H2/t14-/m1/s1. The molecule has 0 spiro atoms. The maximum Gasteiger partial charge on any atom is 0.433 e. The third kappa shape index (κ3) is 2.89. The number of urea groups is 1. The highest BCUT2D eigenvalue weighted by molar-refractivity contribution is 6.11. The van der Waals surface area contributed by atoms with E-state index in [2.05, 4.69) is 16.0 Å². The van der Waals surface area contributed by atoms with E-state index in [4.69, 9.17) is 0 Å². The van der Waals surface area contributed by atoms with Crippen LogP contribution in [-0.4, -0.2) is 28.6 Å². The molecular formula is C19H12F3N5O. The summed E-state index contributed by atoms with van der Waals surface area (Å²) in [4.78, 5) is 23.1. The van der Waals surface area contributed by atoms with Gasteiger partial charge in [-0.25, -0.2) is 9.78 Å². The number of carbonyl (C=O) groups is 1. The molecule has 1 aromatic carbocycles. The number of fused-ring (bicyclic) bond motifs is 1. The van der Waals surface area contributed by atoms with Crippen LogP contribution < -0.4 is 9.80 Å². The third-order valence-corrected chi connectivity index (χ3v) is 4.51. The number of aromatic nitrogens is 2. The summed E-state index contributed by atoms with van der Waals surface area (Å²) in [6, 6.07) is 10.0. The average molecular weight is 383 g/mol. The van der Waals surface area contributed by atoms with Crippen LogP contribution in [0.3, 0.4) is 0 Å². The number of amides is 2. The molecule has 0 bridgehead atoms. The predicted octanol–water partition coefficient (Wildman–Crippen LogP) is 3.99. The minimum atomic E-state index is -4.57. The molecule has 1 atom stereocenters. The van der Waals surface area contributed by atoms with Crippen LogP contribution in [0.15, 0.2) is 55.0 Å². The van der Waals surface area contributed by atoms with Crippen molar-refractivity contribution >= 4 is 28.2 Å². The Balaban J connectivity index is 1.73. The van der Waals surface area contributed by atoms with E-state index < -0.39 is 23.9 Å². The second kappa shape index (κ2) is 6.49. The quantitative estimate of drug-likeness (QED) is 0.671. The van der Waals surface area contributed by atoms with Crippen molar-refractivity contribution in [2.45, 2.75) is 12.2 Å². The van der Waals surface area contributed by atoms with Crippen LogP contribution in [0, 0.1) is 11.3 Å². The van der Waals surface area contributed by atoms with Crippen LogP contribution >= 0.6 is 0 Å². The fraction of sp³-hybridized carbons (Fsp3) is 0.158. The summed E-state index contributed by atoms with van der Waals surface area (Å²) in [6.45, 7) is 0.00555. The Hall–Kier alpha value is -3.67. The largest absolute Gasteiger partial charge is 0.433 e. The molecule has 0 saturated carbocycles. The van der Waals surface area contributed by atoms with Crippen molar-refractivity contribution in [1.29, 1.82) is 5.26 Å². The van der Waals surface area contributed by atoms with Crippen LogP contribution in [0.25, 0.3) is 10.8 Å². The summed E-state index contributed by atoms with van der Waals surface area (Å²) >= 11 is 0. The van der Waals surface area contributed by atoms with Gasteiger partial charge in [0.25, 0.3) is 0 Å². The first-order chi connectivity index (χ1) is 13.4. The molecule has 140 valence electrons. The second-order valence-electron chi connectivity index (χ2n) is 6.19. The molecule has 28 heavy (non-hydrogen) atoms. The summed E-state index contributed by atoms with van der Waals surface area (Å²) in [5, 5.41) is 11.1. The first-order valence-electron chi connectivity index (χ1n) is 8.26. The summed E-state index contributed by atoms with van der Waals surface area (Å²) < 4.78 is 38.2. The van der Waals surface area contributed by atoms with Crippen LogP contribution in [0.1, 0.15) is 5.69 Å². The lowest BCUT2D eigenvalue weighted by molar-refractivity contribution is -0.141. The first-order valence-corrected chi connectivity index (χ1v) is 8.26. The molecule has 1 aliphatic heterocycles. The lowest BCUT2D eigenvalue weighted by Crippen LogP contribution is -2.34. The number of rotatable bonds is 2. The minimum absolute atomic E-state index is 0.00555. The fourth-order valence-electron chi connectivity index (χ4n) is 3.19. The van der Waals surface area contributed by atoms with E-state index in [0.29, 0.717) is 5.69 Å². The molecular weight excluding hydrogens is 371 g/mol. The highest BCUT2D eigenvalue weighted by Crippen LogP contribution is 2.34. The lowest BCUT2D eigenvalue weighted by Gasteiger charge is -2.21. The van der Waals surface area contributed by atoms with E-state index in [1.807, 2.05) is 24.3 Å². The molecule has 1 fully saturated rings. The Kier molecular flexibility index (Phi) is 4.11. The molecule has 0 N–H and O–H groups in total. The highest BCUT2D eigenvalue weighted by atomic mass is 19.4. The highest BCUT2D eigenvalue weighted by Gasteiger charge is 2.40. The van der Waals surface area contributed by atoms with Crippen molar-refractivity contribution in [2.75, 3.05) is 16.3 Å². The van der Waals surface area contributed by atoms with E-state index in [9.17, 15) is 23.2 Å². The zero-order valence-electron chi connectivity index (χ0n) is 14.3. The number of halogens is 3. The maximum absolute atomic E-state index is 13.0. The number of alkyl halides is 3. The van der Waals surface area contributed by atoms with Crippen LogP contribution in [0.4, 0.5) is 29.3 Å². The molecule has 0 unspecified atom stereocenters. The van der Waals surface area contributed by atoms with Gasteiger partial charge >= 0.3 is 12.2 Å². The molecule has 3 heterocycles. The number of nitrogens with zero attached hydrogens (tertiary/aromatic N) is 5. The minimum Gasteiger partial charge on any atom is -0.289 e. The number of hydrogen-bond donors (Lipinski definition) is 0. The molecule has 0 radical (unpaired) electrons. The summed E-state index contributed by atoms with van der Waals surface area (Å²) in [7, 11) is 0. The number of carbonyl (C=O) groups excluding carboxylic acids is 1. The van der Waals surface area contributed by atoms with Crippen molar-refractivity contribution in [3.05, 3.63) is 60.7 Å². The first kappa shape index (κ1) is 17.7.